The molecule has 20 heavy (non-hydrogen) atoms. The summed E-state index contributed by atoms with van der Waals surface area (Å²) in [4.78, 5) is 24.0. The number of amides is 1. The van der Waals surface area contributed by atoms with Gasteiger partial charge >= 0.3 is 0 Å². The Bertz CT molecular complexity index is 554. The van der Waals surface area contributed by atoms with E-state index >= 15 is 0 Å². The number of carbonyl (C=O) groups excluding carboxylic acids is 1. The summed E-state index contributed by atoms with van der Waals surface area (Å²) in [6.45, 7) is 4.40. The Labute approximate surface area is 117 Å². The molecule has 2 aromatic heterocycles. The molecule has 6 heteroatoms. The third-order valence-corrected chi connectivity index (χ3v) is 2.51. The van der Waals surface area contributed by atoms with Gasteiger partial charge in [-0.15, -0.1) is 0 Å². The van der Waals surface area contributed by atoms with Crippen LogP contribution in [0.3, 0.4) is 0 Å². The molecule has 0 aliphatic heterocycles. The summed E-state index contributed by atoms with van der Waals surface area (Å²) in [5.74, 6) is 0.314. The van der Waals surface area contributed by atoms with Gasteiger partial charge in [0.05, 0.1) is 5.56 Å². The van der Waals surface area contributed by atoms with Crippen molar-refractivity contribution in [3.8, 4) is 0 Å². The van der Waals surface area contributed by atoms with Gasteiger partial charge in [0, 0.05) is 37.4 Å². The van der Waals surface area contributed by atoms with E-state index in [2.05, 4.69) is 25.6 Å². The number of pyridine rings is 1. The van der Waals surface area contributed by atoms with Gasteiger partial charge < -0.3 is 10.6 Å². The van der Waals surface area contributed by atoms with Gasteiger partial charge in [-0.25, -0.2) is 9.97 Å². The quantitative estimate of drug-likeness (QED) is 0.864. The van der Waals surface area contributed by atoms with E-state index in [1.165, 1.54) is 12.4 Å². The molecule has 2 heterocycles. The summed E-state index contributed by atoms with van der Waals surface area (Å²) < 4.78 is 0. The third-order valence-electron chi connectivity index (χ3n) is 2.51. The molecule has 0 aliphatic rings. The van der Waals surface area contributed by atoms with Crippen LogP contribution in [0.15, 0.2) is 36.9 Å². The van der Waals surface area contributed by atoms with E-state index in [9.17, 15) is 4.79 Å². The van der Waals surface area contributed by atoms with Crippen LogP contribution < -0.4 is 10.6 Å². The monoisotopic (exact) mass is 271 g/mol. The zero-order chi connectivity index (χ0) is 14.4. The highest BCUT2D eigenvalue weighted by Crippen LogP contribution is 2.03. The SMILES string of the molecule is CC(C)NC(=O)c1cnc(NCc2cccnc2)nc1. The van der Waals surface area contributed by atoms with E-state index in [1.807, 2.05) is 26.0 Å². The first-order valence-corrected chi connectivity index (χ1v) is 6.41. The molecule has 0 unspecified atom stereocenters. The molecule has 0 spiro atoms. The fraction of sp³-hybridized carbons (Fsp3) is 0.286. The summed E-state index contributed by atoms with van der Waals surface area (Å²) in [6.07, 6.45) is 6.52. The Morgan fingerprint density at radius 1 is 1.25 bits per heavy atom. The van der Waals surface area contributed by atoms with Crippen LogP contribution >= 0.6 is 0 Å². The highest BCUT2D eigenvalue weighted by Gasteiger charge is 2.07. The molecule has 2 N–H and O–H groups in total. The highest BCUT2D eigenvalue weighted by atomic mass is 16.1. The van der Waals surface area contributed by atoms with Gasteiger partial charge in [0.1, 0.15) is 0 Å². The highest BCUT2D eigenvalue weighted by molar-refractivity contribution is 5.93. The first kappa shape index (κ1) is 13.9. The smallest absolute Gasteiger partial charge is 0.254 e. The van der Waals surface area contributed by atoms with Crippen LogP contribution in [0, 0.1) is 0 Å². The van der Waals surface area contributed by atoms with Crippen LogP contribution in [0.1, 0.15) is 29.8 Å². The zero-order valence-electron chi connectivity index (χ0n) is 11.5. The Kier molecular flexibility index (Phi) is 4.60. The molecule has 0 saturated carbocycles. The van der Waals surface area contributed by atoms with E-state index in [-0.39, 0.29) is 11.9 Å². The van der Waals surface area contributed by atoms with Crippen LogP contribution in [0.4, 0.5) is 5.95 Å². The summed E-state index contributed by atoms with van der Waals surface area (Å²) in [5.41, 5.74) is 1.49. The number of hydrogen-bond donors (Lipinski definition) is 2. The molecule has 6 nitrogen and oxygen atoms in total. The second-order valence-electron chi connectivity index (χ2n) is 4.64. The lowest BCUT2D eigenvalue weighted by Gasteiger charge is -2.08. The third kappa shape index (κ3) is 4.01. The van der Waals surface area contributed by atoms with Gasteiger partial charge in [0.25, 0.3) is 5.91 Å². The predicted octanol–water partition coefficient (Wildman–Crippen LogP) is 1.62. The maximum atomic E-state index is 11.7. The summed E-state index contributed by atoms with van der Waals surface area (Å²) in [5, 5.41) is 5.86. The van der Waals surface area contributed by atoms with Crippen molar-refractivity contribution in [2.75, 3.05) is 5.32 Å². The fourth-order valence-electron chi connectivity index (χ4n) is 1.57. The van der Waals surface area contributed by atoms with Crippen molar-refractivity contribution in [2.45, 2.75) is 26.4 Å². The topological polar surface area (TPSA) is 79.8 Å². The van der Waals surface area contributed by atoms with E-state index in [0.29, 0.717) is 18.1 Å². The minimum Gasteiger partial charge on any atom is -0.350 e. The number of anilines is 1. The van der Waals surface area contributed by atoms with Gasteiger partial charge in [-0.05, 0) is 25.5 Å². The Morgan fingerprint density at radius 3 is 2.60 bits per heavy atom. The first-order chi connectivity index (χ1) is 9.65. The summed E-state index contributed by atoms with van der Waals surface area (Å²) in [7, 11) is 0. The lowest BCUT2D eigenvalue weighted by atomic mass is 10.3. The predicted molar refractivity (Wildman–Crippen MR) is 76.2 cm³/mol. The van der Waals surface area contributed by atoms with Crippen LogP contribution in [0.2, 0.25) is 0 Å². The Hall–Kier alpha value is -2.50. The summed E-state index contributed by atoms with van der Waals surface area (Å²) >= 11 is 0. The van der Waals surface area contributed by atoms with Gasteiger partial charge in [0.15, 0.2) is 0 Å². The van der Waals surface area contributed by atoms with Crippen LogP contribution in [0.25, 0.3) is 0 Å². The molecule has 0 aromatic carbocycles. The average Bonchev–Trinajstić information content (AvgIpc) is 2.46. The lowest BCUT2D eigenvalue weighted by Crippen LogP contribution is -2.30. The lowest BCUT2D eigenvalue weighted by molar-refractivity contribution is 0.0942. The van der Waals surface area contributed by atoms with E-state index in [1.54, 1.807) is 12.4 Å². The molecule has 104 valence electrons. The number of nitrogens with one attached hydrogen (secondary N) is 2. The molecule has 2 aromatic rings. The number of hydrogen-bond acceptors (Lipinski definition) is 5. The van der Waals surface area contributed by atoms with Crippen molar-refractivity contribution in [3.63, 3.8) is 0 Å². The number of carbonyl (C=O) groups is 1. The Morgan fingerprint density at radius 2 is 2.00 bits per heavy atom. The maximum Gasteiger partial charge on any atom is 0.254 e. The van der Waals surface area contributed by atoms with E-state index < -0.39 is 0 Å². The van der Waals surface area contributed by atoms with E-state index in [0.717, 1.165) is 5.56 Å². The molecular weight excluding hydrogens is 254 g/mol. The first-order valence-electron chi connectivity index (χ1n) is 6.41. The molecule has 0 atom stereocenters. The maximum absolute atomic E-state index is 11.7. The molecule has 0 aliphatic carbocycles. The van der Waals surface area contributed by atoms with Gasteiger partial charge in [0.2, 0.25) is 5.95 Å². The number of rotatable bonds is 5. The van der Waals surface area contributed by atoms with Crippen LogP contribution in [0.5, 0.6) is 0 Å². The summed E-state index contributed by atoms with van der Waals surface area (Å²) in [6, 6.07) is 3.92. The van der Waals surface area contributed by atoms with Crippen molar-refractivity contribution in [1.82, 2.24) is 20.3 Å². The number of aromatic nitrogens is 3. The minimum atomic E-state index is -0.168. The molecule has 0 fully saturated rings. The van der Waals surface area contributed by atoms with Gasteiger partial charge in [-0.1, -0.05) is 6.07 Å². The Balaban J connectivity index is 1.93. The number of nitrogens with zero attached hydrogens (tertiary/aromatic N) is 3. The van der Waals surface area contributed by atoms with Gasteiger partial charge in [-0.3, -0.25) is 9.78 Å². The fourth-order valence-corrected chi connectivity index (χ4v) is 1.57. The molecule has 0 bridgehead atoms. The van der Waals surface area contributed by atoms with Crippen LogP contribution in [-0.2, 0) is 6.54 Å². The van der Waals surface area contributed by atoms with Crippen LogP contribution in [-0.4, -0.2) is 26.9 Å². The normalized spacial score (nSPS) is 10.3. The van der Waals surface area contributed by atoms with Gasteiger partial charge in [-0.2, -0.15) is 0 Å². The zero-order valence-corrected chi connectivity index (χ0v) is 11.5. The molecule has 2 rings (SSSR count). The molecule has 1 amide bonds. The minimum absolute atomic E-state index is 0.0888. The van der Waals surface area contributed by atoms with Crippen molar-refractivity contribution in [1.29, 1.82) is 0 Å². The van der Waals surface area contributed by atoms with Crippen molar-refractivity contribution >= 4 is 11.9 Å². The van der Waals surface area contributed by atoms with E-state index in [4.69, 9.17) is 0 Å². The van der Waals surface area contributed by atoms with Crippen molar-refractivity contribution in [2.24, 2.45) is 0 Å². The average molecular weight is 271 g/mol. The molecular formula is C14H17N5O. The van der Waals surface area contributed by atoms with Crippen molar-refractivity contribution < 1.29 is 4.79 Å². The second kappa shape index (κ2) is 6.60. The standard InChI is InChI=1S/C14H17N5O/c1-10(2)19-13(20)12-8-17-14(18-9-12)16-7-11-4-3-5-15-6-11/h3-6,8-10H,7H2,1-2H3,(H,19,20)(H,16,17,18). The molecule has 0 saturated heterocycles. The second-order valence-corrected chi connectivity index (χ2v) is 4.64. The largest absolute Gasteiger partial charge is 0.350 e. The molecule has 0 radical (unpaired) electrons. The van der Waals surface area contributed by atoms with Crippen molar-refractivity contribution in [3.05, 3.63) is 48.0 Å².